The Hall–Kier alpha value is -3.01. The van der Waals surface area contributed by atoms with Crippen molar-refractivity contribution in [1.29, 1.82) is 0 Å². The van der Waals surface area contributed by atoms with Gasteiger partial charge in [0.2, 0.25) is 11.9 Å². The largest absolute Gasteiger partial charge is 0.493 e. The van der Waals surface area contributed by atoms with Crippen LogP contribution in [0.15, 0.2) is 29.6 Å². The third-order valence-electron chi connectivity index (χ3n) is 3.73. The van der Waals surface area contributed by atoms with Crippen molar-refractivity contribution in [1.82, 2.24) is 19.9 Å². The molecule has 0 aliphatic carbocycles. The molecule has 136 valence electrons. The molecule has 0 unspecified atom stereocenters. The maximum atomic E-state index is 12.6. The predicted octanol–water partition coefficient (Wildman–Crippen LogP) is 1.71. The van der Waals surface area contributed by atoms with Crippen LogP contribution in [0.1, 0.15) is 0 Å². The fourth-order valence-electron chi connectivity index (χ4n) is 2.33. The monoisotopic (exact) mass is 374 g/mol. The lowest BCUT2D eigenvalue weighted by atomic mass is 10.2. The highest BCUT2D eigenvalue weighted by atomic mass is 32.2. The van der Waals surface area contributed by atoms with Crippen molar-refractivity contribution in [3.63, 3.8) is 0 Å². The van der Waals surface area contributed by atoms with E-state index in [1.54, 1.807) is 44.4 Å². The third-order valence-corrected chi connectivity index (χ3v) is 4.69. The molecule has 3 aromatic rings. The van der Waals surface area contributed by atoms with E-state index in [9.17, 15) is 4.79 Å². The zero-order valence-corrected chi connectivity index (χ0v) is 15.3. The summed E-state index contributed by atoms with van der Waals surface area (Å²) in [7, 11) is 4.81. The van der Waals surface area contributed by atoms with Crippen molar-refractivity contribution in [3.8, 4) is 11.5 Å². The number of methoxy groups -OCH3 is 2. The average Bonchev–Trinajstić information content (AvgIpc) is 3.12. The second-order valence-electron chi connectivity index (χ2n) is 5.27. The molecule has 0 saturated heterocycles. The number of ether oxygens (including phenoxy) is 2. The van der Waals surface area contributed by atoms with E-state index in [4.69, 9.17) is 15.2 Å². The number of hydrogen-bond acceptors (Lipinski definition) is 8. The van der Waals surface area contributed by atoms with Gasteiger partial charge < -0.3 is 25.1 Å². The Morgan fingerprint density at radius 2 is 2.04 bits per heavy atom. The summed E-state index contributed by atoms with van der Waals surface area (Å²) in [5.74, 6) is 1.35. The Morgan fingerprint density at radius 3 is 2.77 bits per heavy atom. The van der Waals surface area contributed by atoms with Crippen molar-refractivity contribution in [2.45, 2.75) is 5.03 Å². The number of carbonyl (C=O) groups excluding carboxylic acids is 1. The van der Waals surface area contributed by atoms with E-state index in [0.717, 1.165) is 0 Å². The van der Waals surface area contributed by atoms with Crippen LogP contribution in [-0.2, 0) is 4.79 Å². The maximum absolute atomic E-state index is 12.6. The number of aromatic nitrogens is 4. The van der Waals surface area contributed by atoms with Crippen LogP contribution in [0, 0.1) is 0 Å². The molecule has 2 aromatic heterocycles. The van der Waals surface area contributed by atoms with Crippen LogP contribution in [-0.4, -0.2) is 52.9 Å². The van der Waals surface area contributed by atoms with Gasteiger partial charge in [0.25, 0.3) is 0 Å². The summed E-state index contributed by atoms with van der Waals surface area (Å²) in [6.07, 6.45) is 1.51. The lowest BCUT2D eigenvalue weighted by molar-refractivity contribution is -0.115. The van der Waals surface area contributed by atoms with E-state index in [0.29, 0.717) is 33.4 Å². The van der Waals surface area contributed by atoms with Gasteiger partial charge in [-0.05, 0) is 12.1 Å². The van der Waals surface area contributed by atoms with Gasteiger partial charge >= 0.3 is 0 Å². The lowest BCUT2D eigenvalue weighted by Gasteiger charge is -2.19. The second-order valence-corrected chi connectivity index (χ2v) is 6.23. The van der Waals surface area contributed by atoms with E-state index < -0.39 is 0 Å². The van der Waals surface area contributed by atoms with Crippen LogP contribution in [0.5, 0.6) is 11.5 Å². The SMILES string of the molecule is COc1ccc(N(C)C(=O)CSc2nc(N)nc3nc[nH]c23)cc1OC. The lowest BCUT2D eigenvalue weighted by Crippen LogP contribution is -2.28. The Kier molecular flexibility index (Phi) is 5.12. The van der Waals surface area contributed by atoms with E-state index in [1.807, 2.05) is 0 Å². The van der Waals surface area contributed by atoms with Crippen molar-refractivity contribution in [2.24, 2.45) is 0 Å². The third kappa shape index (κ3) is 3.49. The topological polar surface area (TPSA) is 119 Å². The first-order valence-corrected chi connectivity index (χ1v) is 8.60. The number of hydrogen-bond donors (Lipinski definition) is 2. The first-order chi connectivity index (χ1) is 12.5. The van der Waals surface area contributed by atoms with Crippen LogP contribution in [0.25, 0.3) is 11.2 Å². The molecular formula is C16H18N6O3S. The van der Waals surface area contributed by atoms with Gasteiger partial charge in [0.1, 0.15) is 10.5 Å². The zero-order chi connectivity index (χ0) is 18.7. The maximum Gasteiger partial charge on any atom is 0.237 e. The number of nitrogens with zero attached hydrogens (tertiary/aromatic N) is 4. The minimum absolute atomic E-state index is 0.105. The number of fused-ring (bicyclic) bond motifs is 1. The van der Waals surface area contributed by atoms with Crippen molar-refractivity contribution in [2.75, 3.05) is 37.7 Å². The molecule has 1 amide bonds. The number of anilines is 2. The summed E-state index contributed by atoms with van der Waals surface area (Å²) < 4.78 is 10.5. The predicted molar refractivity (Wildman–Crippen MR) is 99.8 cm³/mol. The smallest absolute Gasteiger partial charge is 0.237 e. The number of aromatic amines is 1. The number of H-pyrrole nitrogens is 1. The standard InChI is InChI=1S/C16H18N6O3S/c1-22(9-4-5-10(24-2)11(6-9)25-3)12(23)7-26-15-13-14(19-8-18-13)20-16(17)21-15/h4-6,8H,7H2,1-3H3,(H3,17,18,19,20,21). The molecule has 9 nitrogen and oxygen atoms in total. The molecule has 3 rings (SSSR count). The summed E-state index contributed by atoms with van der Waals surface area (Å²) in [4.78, 5) is 29.3. The number of benzene rings is 1. The highest BCUT2D eigenvalue weighted by Crippen LogP contribution is 2.31. The van der Waals surface area contributed by atoms with Crippen LogP contribution < -0.4 is 20.1 Å². The normalized spacial score (nSPS) is 10.7. The Balaban J connectivity index is 1.74. The fraction of sp³-hybridized carbons (Fsp3) is 0.250. The number of thioether (sulfide) groups is 1. The molecule has 0 saturated carbocycles. The number of carbonyl (C=O) groups is 1. The molecule has 0 atom stereocenters. The van der Waals surface area contributed by atoms with Crippen LogP contribution in [0.4, 0.5) is 11.6 Å². The summed E-state index contributed by atoms with van der Waals surface area (Å²) in [5.41, 5.74) is 7.52. The molecule has 26 heavy (non-hydrogen) atoms. The quantitative estimate of drug-likeness (QED) is 0.494. The molecular weight excluding hydrogens is 356 g/mol. The molecule has 3 N–H and O–H groups in total. The van der Waals surface area contributed by atoms with Gasteiger partial charge in [-0.25, -0.2) is 9.97 Å². The van der Waals surface area contributed by atoms with E-state index in [1.165, 1.54) is 18.1 Å². The van der Waals surface area contributed by atoms with Crippen LogP contribution in [0.2, 0.25) is 0 Å². The van der Waals surface area contributed by atoms with E-state index in [2.05, 4.69) is 19.9 Å². The van der Waals surface area contributed by atoms with Crippen molar-refractivity contribution in [3.05, 3.63) is 24.5 Å². The highest BCUT2D eigenvalue weighted by Gasteiger charge is 2.16. The summed E-state index contributed by atoms with van der Waals surface area (Å²) >= 11 is 1.27. The van der Waals surface area contributed by atoms with Gasteiger partial charge in [-0.1, -0.05) is 11.8 Å². The minimum Gasteiger partial charge on any atom is -0.493 e. The number of nitrogens with two attached hydrogens (primary N) is 1. The number of amides is 1. The van der Waals surface area contributed by atoms with Crippen molar-refractivity contribution >= 4 is 40.5 Å². The van der Waals surface area contributed by atoms with Gasteiger partial charge in [0.15, 0.2) is 17.1 Å². The molecule has 0 aliphatic heterocycles. The molecule has 0 bridgehead atoms. The number of nitrogens with one attached hydrogen (secondary N) is 1. The molecule has 2 heterocycles. The molecule has 0 fully saturated rings. The second kappa shape index (κ2) is 7.48. The first kappa shape index (κ1) is 17.8. The van der Waals surface area contributed by atoms with Crippen LogP contribution >= 0.6 is 11.8 Å². The van der Waals surface area contributed by atoms with Gasteiger partial charge in [0.05, 0.1) is 26.3 Å². The summed E-state index contributed by atoms with van der Waals surface area (Å²) in [6, 6.07) is 5.29. The van der Waals surface area contributed by atoms with Crippen LogP contribution in [0.3, 0.4) is 0 Å². The first-order valence-electron chi connectivity index (χ1n) is 7.61. The average molecular weight is 374 g/mol. The summed E-state index contributed by atoms with van der Waals surface area (Å²) in [6.45, 7) is 0. The zero-order valence-electron chi connectivity index (χ0n) is 14.5. The van der Waals surface area contributed by atoms with Gasteiger partial charge in [0, 0.05) is 18.8 Å². The van der Waals surface area contributed by atoms with Gasteiger partial charge in [-0.2, -0.15) is 4.98 Å². The minimum atomic E-state index is -0.105. The molecule has 0 aliphatic rings. The highest BCUT2D eigenvalue weighted by molar-refractivity contribution is 8.00. The number of nitrogen functional groups attached to an aromatic ring is 1. The molecule has 0 spiro atoms. The fourth-order valence-corrected chi connectivity index (χ4v) is 3.24. The Bertz CT molecular complexity index is 945. The molecule has 0 radical (unpaired) electrons. The van der Waals surface area contributed by atoms with Crippen molar-refractivity contribution < 1.29 is 14.3 Å². The summed E-state index contributed by atoms with van der Waals surface area (Å²) in [5, 5.41) is 0.582. The Labute approximate surface area is 153 Å². The number of rotatable bonds is 6. The van der Waals surface area contributed by atoms with Gasteiger partial charge in [-0.15, -0.1) is 0 Å². The van der Waals surface area contributed by atoms with E-state index in [-0.39, 0.29) is 17.6 Å². The number of imidazole rings is 1. The van der Waals surface area contributed by atoms with E-state index >= 15 is 0 Å². The Morgan fingerprint density at radius 1 is 1.27 bits per heavy atom. The molecule has 1 aromatic carbocycles. The van der Waals surface area contributed by atoms with Gasteiger partial charge in [-0.3, -0.25) is 4.79 Å². The molecule has 10 heteroatoms.